The molecule has 444 valence electrons. The first kappa shape index (κ1) is 71.4. The lowest BCUT2D eigenvalue weighted by Crippen LogP contribution is -2.61. The van der Waals surface area contributed by atoms with Gasteiger partial charge in [-0.05, 0) is 83.5 Å². The number of carboxylic acid groups (broad SMARTS) is 1. The van der Waals surface area contributed by atoms with Crippen molar-refractivity contribution in [2.45, 2.75) is 314 Å². The van der Waals surface area contributed by atoms with Crippen molar-refractivity contribution in [1.82, 2.24) is 0 Å². The number of hydrogen-bond donors (Lipinski definition) is 3. The fourth-order valence-electron chi connectivity index (χ4n) is 9.30. The van der Waals surface area contributed by atoms with E-state index in [2.05, 4.69) is 81.5 Å². The minimum atomic E-state index is -1.91. The molecule has 0 aliphatic carbocycles. The number of carboxylic acids is 1. The predicted molar refractivity (Wildman–Crippen MR) is 312 cm³/mol. The summed E-state index contributed by atoms with van der Waals surface area (Å²) in [5, 5.41) is 31.5. The van der Waals surface area contributed by atoms with Crippen molar-refractivity contribution in [2.75, 3.05) is 13.2 Å². The topological polar surface area (TPSA) is 175 Å². The average molecular weight is 1090 g/mol. The largest absolute Gasteiger partial charge is 0.479 e. The van der Waals surface area contributed by atoms with E-state index in [4.69, 9.17) is 23.7 Å². The molecule has 6 atom stereocenters. The summed E-state index contributed by atoms with van der Waals surface area (Å²) < 4.78 is 28.5. The number of ether oxygens (including phenoxy) is 5. The average Bonchev–Trinajstić information content (AvgIpc) is 3.42. The van der Waals surface area contributed by atoms with E-state index in [-0.39, 0.29) is 25.9 Å². The maximum absolute atomic E-state index is 13.2. The Hall–Kier alpha value is -3.58. The lowest BCUT2D eigenvalue weighted by molar-refractivity contribution is -0.301. The van der Waals surface area contributed by atoms with Gasteiger partial charge in [-0.1, -0.05) is 236 Å². The number of carbonyl (C=O) groups excluding carboxylic acids is 3. The summed E-state index contributed by atoms with van der Waals surface area (Å²) in [4.78, 5) is 51.2. The highest BCUT2D eigenvalue weighted by molar-refractivity contribution is 5.74. The standard InChI is InChI=1S/C65H112O12/c1-4-7-10-13-16-19-22-25-28-29-32-33-36-39-42-45-48-51-57(66)73-54-56(75-58(67)52-49-46-43-40-37-34-30-26-23-20-17-14-11-8-5-2)55-74-65-63(61(70)60(69)62(77-65)64(71)72)76-59(68)53-50-47-44-41-38-35-31-27-24-21-18-15-12-9-6-3/h7,10,16,18-19,21,25,27-28,31,56,60-63,65,69-70H,4-6,8-9,11-15,17,20,22-24,26,29-30,32-55H2,1-3H3,(H,71,72)/b10-7-,19-16-,21-18-,28-25-,31-27-. The maximum atomic E-state index is 13.2. The molecule has 0 radical (unpaired) electrons. The number of allylic oxidation sites excluding steroid dienone is 10. The van der Waals surface area contributed by atoms with Crippen molar-refractivity contribution in [3.05, 3.63) is 60.8 Å². The molecule has 1 heterocycles. The highest BCUT2D eigenvalue weighted by atomic mass is 16.7. The Bertz CT molecular complexity index is 1570. The Labute approximate surface area is 468 Å². The molecule has 3 N–H and O–H groups in total. The molecular weight excluding hydrogens is 973 g/mol. The molecule has 0 amide bonds. The molecule has 1 aliphatic rings. The van der Waals surface area contributed by atoms with Gasteiger partial charge >= 0.3 is 23.9 Å². The molecule has 1 aliphatic heterocycles. The molecule has 0 aromatic carbocycles. The Morgan fingerprint density at radius 2 is 0.818 bits per heavy atom. The van der Waals surface area contributed by atoms with E-state index in [1.807, 2.05) is 0 Å². The first-order chi connectivity index (χ1) is 37.6. The molecule has 0 saturated carbocycles. The number of hydrogen-bond acceptors (Lipinski definition) is 11. The molecule has 0 bridgehead atoms. The van der Waals surface area contributed by atoms with Gasteiger partial charge in [0.15, 0.2) is 24.6 Å². The number of aliphatic hydroxyl groups excluding tert-OH is 2. The van der Waals surface area contributed by atoms with Gasteiger partial charge < -0.3 is 39.0 Å². The van der Waals surface area contributed by atoms with Crippen LogP contribution in [0, 0.1) is 0 Å². The smallest absolute Gasteiger partial charge is 0.335 e. The lowest BCUT2D eigenvalue weighted by atomic mass is 9.98. The number of esters is 3. The van der Waals surface area contributed by atoms with Crippen LogP contribution >= 0.6 is 0 Å². The van der Waals surface area contributed by atoms with Gasteiger partial charge in [0.05, 0.1) is 6.61 Å². The van der Waals surface area contributed by atoms with Crippen LogP contribution < -0.4 is 0 Å². The second kappa shape index (κ2) is 53.1. The van der Waals surface area contributed by atoms with E-state index in [0.29, 0.717) is 19.3 Å². The van der Waals surface area contributed by atoms with Crippen LogP contribution in [0.4, 0.5) is 0 Å². The van der Waals surface area contributed by atoms with Gasteiger partial charge in [-0.3, -0.25) is 14.4 Å². The van der Waals surface area contributed by atoms with Crippen LogP contribution in [0.3, 0.4) is 0 Å². The summed E-state index contributed by atoms with van der Waals surface area (Å²) in [6.45, 7) is 5.87. The van der Waals surface area contributed by atoms with E-state index in [1.165, 1.54) is 103 Å². The number of carbonyl (C=O) groups is 4. The third kappa shape index (κ3) is 43.0. The number of unbranched alkanes of at least 4 members (excludes halogenated alkanes) is 29. The molecule has 12 nitrogen and oxygen atoms in total. The zero-order valence-corrected chi connectivity index (χ0v) is 49.0. The lowest BCUT2D eigenvalue weighted by Gasteiger charge is -2.40. The molecular formula is C65H112O12. The van der Waals surface area contributed by atoms with Crippen LogP contribution in [0.2, 0.25) is 0 Å². The second-order valence-corrected chi connectivity index (χ2v) is 21.3. The van der Waals surface area contributed by atoms with Crippen molar-refractivity contribution in [1.29, 1.82) is 0 Å². The maximum Gasteiger partial charge on any atom is 0.335 e. The first-order valence-corrected chi connectivity index (χ1v) is 31.3. The van der Waals surface area contributed by atoms with Gasteiger partial charge in [-0.15, -0.1) is 0 Å². The van der Waals surface area contributed by atoms with Crippen molar-refractivity contribution in [2.24, 2.45) is 0 Å². The van der Waals surface area contributed by atoms with Crippen molar-refractivity contribution >= 4 is 23.9 Å². The molecule has 0 aromatic heterocycles. The Kier molecular flexibility index (Phi) is 49.2. The summed E-state index contributed by atoms with van der Waals surface area (Å²) in [6.07, 6.45) is 53.2. The Morgan fingerprint density at radius 3 is 1.27 bits per heavy atom. The van der Waals surface area contributed by atoms with Gasteiger partial charge in [0, 0.05) is 19.3 Å². The van der Waals surface area contributed by atoms with Crippen LogP contribution in [0.15, 0.2) is 60.8 Å². The quantitative estimate of drug-likeness (QED) is 0.0228. The van der Waals surface area contributed by atoms with Gasteiger partial charge in [0.25, 0.3) is 0 Å². The van der Waals surface area contributed by atoms with Gasteiger partial charge in [-0.2, -0.15) is 0 Å². The Morgan fingerprint density at radius 1 is 0.442 bits per heavy atom. The summed E-state index contributed by atoms with van der Waals surface area (Å²) in [7, 11) is 0. The molecule has 0 spiro atoms. The van der Waals surface area contributed by atoms with Crippen LogP contribution in [0.25, 0.3) is 0 Å². The number of aliphatic carboxylic acids is 1. The molecule has 0 aromatic rings. The minimum absolute atomic E-state index is 0.0443. The van der Waals surface area contributed by atoms with E-state index >= 15 is 0 Å². The van der Waals surface area contributed by atoms with Gasteiger partial charge in [-0.25, -0.2) is 4.79 Å². The van der Waals surface area contributed by atoms with Crippen LogP contribution in [0.1, 0.15) is 278 Å². The first-order valence-electron chi connectivity index (χ1n) is 31.3. The summed E-state index contributed by atoms with van der Waals surface area (Å²) in [5.41, 5.74) is 0. The highest BCUT2D eigenvalue weighted by Gasteiger charge is 2.50. The van der Waals surface area contributed by atoms with Crippen LogP contribution in [0.5, 0.6) is 0 Å². The molecule has 12 heteroatoms. The highest BCUT2D eigenvalue weighted by Crippen LogP contribution is 2.27. The molecule has 1 saturated heterocycles. The van der Waals surface area contributed by atoms with Gasteiger partial charge in [0.1, 0.15) is 18.8 Å². The summed E-state index contributed by atoms with van der Waals surface area (Å²) >= 11 is 0. The van der Waals surface area contributed by atoms with Crippen molar-refractivity contribution < 1.29 is 58.2 Å². The van der Waals surface area contributed by atoms with Crippen LogP contribution in [-0.4, -0.2) is 89.2 Å². The fraction of sp³-hybridized carbons (Fsp3) is 0.785. The third-order valence-electron chi connectivity index (χ3n) is 14.1. The predicted octanol–water partition coefficient (Wildman–Crippen LogP) is 16.3. The number of rotatable bonds is 53. The SMILES string of the molecule is CC/C=C\C/C=C\C/C=C\CCCCCCCCCC(=O)OCC(COC1OC(C(=O)O)C(O)C(O)C1OC(=O)CCCCCCC/C=C\C/C=C\CCCCC)OC(=O)CCCCCCCCCCCCCCCCC. The van der Waals surface area contributed by atoms with E-state index in [0.717, 1.165) is 116 Å². The molecule has 1 fully saturated rings. The second-order valence-electron chi connectivity index (χ2n) is 21.3. The molecule has 77 heavy (non-hydrogen) atoms. The molecule has 1 rings (SSSR count). The number of aliphatic hydroxyl groups is 2. The van der Waals surface area contributed by atoms with E-state index in [9.17, 15) is 34.5 Å². The molecule has 6 unspecified atom stereocenters. The van der Waals surface area contributed by atoms with Crippen LogP contribution in [-0.2, 0) is 42.9 Å². The van der Waals surface area contributed by atoms with Crippen molar-refractivity contribution in [3.8, 4) is 0 Å². The van der Waals surface area contributed by atoms with E-state index in [1.54, 1.807) is 0 Å². The fourth-order valence-corrected chi connectivity index (χ4v) is 9.30. The van der Waals surface area contributed by atoms with Gasteiger partial charge in [0.2, 0.25) is 0 Å². The van der Waals surface area contributed by atoms with E-state index < -0.39 is 67.3 Å². The minimum Gasteiger partial charge on any atom is -0.479 e. The third-order valence-corrected chi connectivity index (χ3v) is 14.1. The Balaban J connectivity index is 2.68. The van der Waals surface area contributed by atoms with Crippen molar-refractivity contribution in [3.63, 3.8) is 0 Å². The zero-order valence-electron chi connectivity index (χ0n) is 49.0. The monoisotopic (exact) mass is 1080 g/mol. The summed E-state index contributed by atoms with van der Waals surface area (Å²) in [6, 6.07) is 0. The normalized spacial score (nSPS) is 18.4. The zero-order chi connectivity index (χ0) is 56.1. The summed E-state index contributed by atoms with van der Waals surface area (Å²) in [5.74, 6) is -3.13.